The molecular formula is C12H28N2. The van der Waals surface area contributed by atoms with Crippen molar-refractivity contribution in [2.75, 3.05) is 26.2 Å². The van der Waals surface area contributed by atoms with Crippen molar-refractivity contribution >= 4 is 0 Å². The highest BCUT2D eigenvalue weighted by Crippen LogP contribution is 1.97. The fraction of sp³-hybridized carbons (Fsp3) is 1.00. The maximum absolute atomic E-state index is 3.63. The number of likely N-dealkylation sites (N-methyl/N-ethyl adjacent to an activating group) is 1. The number of hydrogen-bond donors (Lipinski definition) is 1. The summed E-state index contributed by atoms with van der Waals surface area (Å²) in [5, 5.41) is 3.63. The van der Waals surface area contributed by atoms with Gasteiger partial charge in [-0.15, -0.1) is 0 Å². The molecule has 0 radical (unpaired) electrons. The lowest BCUT2D eigenvalue weighted by Crippen LogP contribution is -2.41. The third kappa shape index (κ3) is 6.39. The Balaban J connectivity index is 3.65. The van der Waals surface area contributed by atoms with Gasteiger partial charge >= 0.3 is 0 Å². The Bertz CT molecular complexity index is 111. The number of hydrogen-bond acceptors (Lipinski definition) is 2. The first kappa shape index (κ1) is 13.9. The maximum Gasteiger partial charge on any atom is 0.0192 e. The van der Waals surface area contributed by atoms with E-state index in [0.29, 0.717) is 6.04 Å². The van der Waals surface area contributed by atoms with Crippen LogP contribution in [-0.2, 0) is 0 Å². The summed E-state index contributed by atoms with van der Waals surface area (Å²) in [5.41, 5.74) is 0. The molecule has 0 bridgehead atoms. The van der Waals surface area contributed by atoms with E-state index in [4.69, 9.17) is 0 Å². The van der Waals surface area contributed by atoms with Crippen LogP contribution in [0.3, 0.4) is 0 Å². The standard InChI is InChI=1S/C12H28N2/c1-5-9-10-13-12(6-2)11-14(7-3)8-4/h12-13H,5-11H2,1-4H3. The lowest BCUT2D eigenvalue weighted by molar-refractivity contribution is 0.260. The van der Waals surface area contributed by atoms with Crippen molar-refractivity contribution in [2.24, 2.45) is 0 Å². The van der Waals surface area contributed by atoms with Crippen LogP contribution in [0, 0.1) is 0 Å². The fourth-order valence-electron chi connectivity index (χ4n) is 1.61. The zero-order valence-electron chi connectivity index (χ0n) is 10.5. The van der Waals surface area contributed by atoms with Gasteiger partial charge in [-0.2, -0.15) is 0 Å². The first-order valence-corrected chi connectivity index (χ1v) is 6.24. The SMILES string of the molecule is CCCCNC(CC)CN(CC)CC. The van der Waals surface area contributed by atoms with E-state index in [9.17, 15) is 0 Å². The van der Waals surface area contributed by atoms with Gasteiger partial charge in [0.05, 0.1) is 0 Å². The van der Waals surface area contributed by atoms with Crippen LogP contribution in [0.25, 0.3) is 0 Å². The van der Waals surface area contributed by atoms with Crippen LogP contribution in [-0.4, -0.2) is 37.1 Å². The minimum Gasteiger partial charge on any atom is -0.313 e. The van der Waals surface area contributed by atoms with E-state index in [2.05, 4.69) is 37.9 Å². The molecule has 0 fully saturated rings. The summed E-state index contributed by atoms with van der Waals surface area (Å²) in [6.07, 6.45) is 3.82. The summed E-state index contributed by atoms with van der Waals surface area (Å²) in [5.74, 6) is 0. The first-order valence-electron chi connectivity index (χ1n) is 6.24. The van der Waals surface area contributed by atoms with Gasteiger partial charge in [-0.25, -0.2) is 0 Å². The van der Waals surface area contributed by atoms with Gasteiger partial charge < -0.3 is 10.2 Å². The highest BCUT2D eigenvalue weighted by atomic mass is 15.1. The van der Waals surface area contributed by atoms with Crippen molar-refractivity contribution in [1.29, 1.82) is 0 Å². The van der Waals surface area contributed by atoms with E-state index < -0.39 is 0 Å². The van der Waals surface area contributed by atoms with Crippen molar-refractivity contribution in [3.05, 3.63) is 0 Å². The van der Waals surface area contributed by atoms with Gasteiger partial charge in [0.15, 0.2) is 0 Å². The molecule has 0 saturated heterocycles. The highest BCUT2D eigenvalue weighted by molar-refractivity contribution is 4.69. The van der Waals surface area contributed by atoms with E-state index in [0.717, 1.165) is 0 Å². The average Bonchev–Trinajstić information content (AvgIpc) is 2.23. The normalized spacial score (nSPS) is 13.5. The molecule has 0 aromatic carbocycles. The predicted molar refractivity (Wildman–Crippen MR) is 64.8 cm³/mol. The van der Waals surface area contributed by atoms with Gasteiger partial charge in [0, 0.05) is 12.6 Å². The van der Waals surface area contributed by atoms with Crippen molar-refractivity contribution in [2.45, 2.75) is 53.0 Å². The Morgan fingerprint density at radius 1 is 1.07 bits per heavy atom. The summed E-state index contributed by atoms with van der Waals surface area (Å²) < 4.78 is 0. The van der Waals surface area contributed by atoms with Crippen LogP contribution in [0.1, 0.15) is 47.0 Å². The topological polar surface area (TPSA) is 15.3 Å². The monoisotopic (exact) mass is 200 g/mol. The molecule has 0 aliphatic carbocycles. The quantitative estimate of drug-likeness (QED) is 0.575. The Labute approximate surface area is 90.1 Å². The second kappa shape index (κ2) is 9.47. The Morgan fingerprint density at radius 3 is 2.14 bits per heavy atom. The fourth-order valence-corrected chi connectivity index (χ4v) is 1.61. The lowest BCUT2D eigenvalue weighted by Gasteiger charge is -2.25. The molecular weight excluding hydrogens is 172 g/mol. The molecule has 1 unspecified atom stereocenters. The average molecular weight is 200 g/mol. The van der Waals surface area contributed by atoms with Crippen LogP contribution >= 0.6 is 0 Å². The number of nitrogens with one attached hydrogen (secondary N) is 1. The number of rotatable bonds is 9. The molecule has 0 aliphatic heterocycles. The second-order valence-electron chi connectivity index (χ2n) is 3.90. The zero-order valence-corrected chi connectivity index (χ0v) is 10.5. The molecule has 1 N–H and O–H groups in total. The molecule has 0 saturated carbocycles. The second-order valence-corrected chi connectivity index (χ2v) is 3.90. The van der Waals surface area contributed by atoms with E-state index in [-0.39, 0.29) is 0 Å². The summed E-state index contributed by atoms with van der Waals surface area (Å²) in [6.45, 7) is 13.7. The molecule has 0 rings (SSSR count). The summed E-state index contributed by atoms with van der Waals surface area (Å²) in [6, 6.07) is 0.682. The third-order valence-electron chi connectivity index (χ3n) is 2.83. The Hall–Kier alpha value is -0.0800. The highest BCUT2D eigenvalue weighted by Gasteiger charge is 2.08. The molecule has 86 valence electrons. The minimum atomic E-state index is 0.682. The molecule has 0 aromatic heterocycles. The van der Waals surface area contributed by atoms with Crippen molar-refractivity contribution in [1.82, 2.24) is 10.2 Å². The minimum absolute atomic E-state index is 0.682. The molecule has 2 heteroatoms. The molecule has 1 atom stereocenters. The van der Waals surface area contributed by atoms with Crippen LogP contribution in [0.4, 0.5) is 0 Å². The van der Waals surface area contributed by atoms with Gasteiger partial charge in [-0.1, -0.05) is 34.1 Å². The summed E-state index contributed by atoms with van der Waals surface area (Å²) in [4.78, 5) is 2.49. The summed E-state index contributed by atoms with van der Waals surface area (Å²) >= 11 is 0. The van der Waals surface area contributed by atoms with Gasteiger partial charge in [0.1, 0.15) is 0 Å². The van der Waals surface area contributed by atoms with E-state index >= 15 is 0 Å². The molecule has 0 aliphatic rings. The van der Waals surface area contributed by atoms with Gasteiger partial charge in [-0.3, -0.25) is 0 Å². The summed E-state index contributed by atoms with van der Waals surface area (Å²) in [7, 11) is 0. The number of nitrogens with zero attached hydrogens (tertiary/aromatic N) is 1. The van der Waals surface area contributed by atoms with Crippen molar-refractivity contribution < 1.29 is 0 Å². The molecule has 14 heavy (non-hydrogen) atoms. The van der Waals surface area contributed by atoms with Crippen LogP contribution in [0.15, 0.2) is 0 Å². The largest absolute Gasteiger partial charge is 0.313 e. The molecule has 2 nitrogen and oxygen atoms in total. The van der Waals surface area contributed by atoms with Gasteiger partial charge in [0.2, 0.25) is 0 Å². The number of unbranched alkanes of at least 4 members (excludes halogenated alkanes) is 1. The van der Waals surface area contributed by atoms with Crippen LogP contribution in [0.2, 0.25) is 0 Å². The molecule has 0 heterocycles. The third-order valence-corrected chi connectivity index (χ3v) is 2.83. The van der Waals surface area contributed by atoms with E-state index in [1.807, 2.05) is 0 Å². The van der Waals surface area contributed by atoms with E-state index in [1.54, 1.807) is 0 Å². The van der Waals surface area contributed by atoms with Crippen LogP contribution < -0.4 is 5.32 Å². The maximum atomic E-state index is 3.63. The predicted octanol–water partition coefficient (Wildman–Crippen LogP) is 2.50. The van der Waals surface area contributed by atoms with Crippen molar-refractivity contribution in [3.63, 3.8) is 0 Å². The molecule has 0 amide bonds. The Kier molecular flexibility index (Phi) is 9.42. The smallest absolute Gasteiger partial charge is 0.0192 e. The van der Waals surface area contributed by atoms with Gasteiger partial charge in [0.25, 0.3) is 0 Å². The zero-order chi connectivity index (χ0) is 10.8. The van der Waals surface area contributed by atoms with Gasteiger partial charge in [-0.05, 0) is 32.5 Å². The lowest BCUT2D eigenvalue weighted by atomic mass is 10.2. The molecule has 0 aromatic rings. The van der Waals surface area contributed by atoms with Crippen LogP contribution in [0.5, 0.6) is 0 Å². The first-order chi connectivity index (χ1) is 6.78. The van der Waals surface area contributed by atoms with Crippen molar-refractivity contribution in [3.8, 4) is 0 Å². The van der Waals surface area contributed by atoms with E-state index in [1.165, 1.54) is 45.4 Å². The Morgan fingerprint density at radius 2 is 1.71 bits per heavy atom. The molecule has 0 spiro atoms.